The van der Waals surface area contributed by atoms with Crippen LogP contribution in [0.5, 0.6) is 0 Å². The molecule has 3 nitrogen and oxygen atoms in total. The number of pyridine rings is 1. The van der Waals surface area contributed by atoms with E-state index in [2.05, 4.69) is 22.9 Å². The van der Waals surface area contributed by atoms with Gasteiger partial charge in [0.1, 0.15) is 0 Å². The third-order valence-electron chi connectivity index (χ3n) is 2.21. The van der Waals surface area contributed by atoms with Gasteiger partial charge in [0.05, 0.1) is 18.5 Å². The van der Waals surface area contributed by atoms with Gasteiger partial charge < -0.3 is 9.64 Å². The summed E-state index contributed by atoms with van der Waals surface area (Å²) in [4.78, 5) is 6.52. The van der Waals surface area contributed by atoms with Crippen LogP contribution in [-0.2, 0) is 4.74 Å². The fourth-order valence-electron chi connectivity index (χ4n) is 1.32. The topological polar surface area (TPSA) is 25.4 Å². The molecule has 1 aromatic rings. The zero-order valence-corrected chi connectivity index (χ0v) is 9.16. The number of hydrogen-bond acceptors (Lipinski definition) is 3. The second kappa shape index (κ2) is 5.60. The highest BCUT2D eigenvalue weighted by molar-refractivity contribution is 5.44. The third-order valence-corrected chi connectivity index (χ3v) is 2.21. The van der Waals surface area contributed by atoms with Gasteiger partial charge in [0.25, 0.3) is 0 Å². The highest BCUT2D eigenvalue weighted by Crippen LogP contribution is 2.11. The first-order valence-electron chi connectivity index (χ1n) is 4.94. The first kappa shape index (κ1) is 11.0. The maximum absolute atomic E-state index is 5.06. The van der Waals surface area contributed by atoms with Crippen LogP contribution in [0.4, 0.5) is 5.69 Å². The van der Waals surface area contributed by atoms with Crippen LogP contribution in [0.1, 0.15) is 12.6 Å². The Balaban J connectivity index is 2.64. The lowest BCUT2D eigenvalue weighted by molar-refractivity contribution is 0.205. The second-order valence-electron chi connectivity index (χ2n) is 3.23. The van der Waals surface area contributed by atoms with Crippen molar-refractivity contribution >= 4 is 5.69 Å². The van der Waals surface area contributed by atoms with Crippen LogP contribution in [-0.4, -0.2) is 31.8 Å². The van der Waals surface area contributed by atoms with Gasteiger partial charge in [0.2, 0.25) is 0 Å². The van der Waals surface area contributed by atoms with E-state index in [0.29, 0.717) is 0 Å². The maximum atomic E-state index is 5.06. The normalized spacial score (nSPS) is 10.2. The summed E-state index contributed by atoms with van der Waals surface area (Å²) in [7, 11) is 1.72. The summed E-state index contributed by atoms with van der Waals surface area (Å²) in [6, 6.07) is 4.13. The van der Waals surface area contributed by atoms with Gasteiger partial charge in [-0.15, -0.1) is 0 Å². The van der Waals surface area contributed by atoms with Gasteiger partial charge in [-0.3, -0.25) is 4.98 Å². The largest absolute Gasteiger partial charge is 0.383 e. The molecule has 0 aliphatic rings. The van der Waals surface area contributed by atoms with Crippen LogP contribution in [0.3, 0.4) is 0 Å². The summed E-state index contributed by atoms with van der Waals surface area (Å²) in [5.41, 5.74) is 2.21. The highest BCUT2D eigenvalue weighted by Gasteiger charge is 2.02. The van der Waals surface area contributed by atoms with Crippen molar-refractivity contribution in [1.29, 1.82) is 0 Å². The molecule has 0 spiro atoms. The molecule has 78 valence electrons. The van der Waals surface area contributed by atoms with Gasteiger partial charge in [0.15, 0.2) is 0 Å². The smallest absolute Gasteiger partial charge is 0.0637 e. The van der Waals surface area contributed by atoms with Crippen LogP contribution in [0.15, 0.2) is 18.3 Å². The first-order chi connectivity index (χ1) is 6.77. The Morgan fingerprint density at radius 3 is 2.71 bits per heavy atom. The number of aryl methyl sites for hydroxylation is 1. The van der Waals surface area contributed by atoms with Gasteiger partial charge in [-0.2, -0.15) is 0 Å². The molecule has 0 aliphatic carbocycles. The van der Waals surface area contributed by atoms with E-state index >= 15 is 0 Å². The Morgan fingerprint density at radius 1 is 1.43 bits per heavy atom. The first-order valence-corrected chi connectivity index (χ1v) is 4.94. The van der Waals surface area contributed by atoms with Gasteiger partial charge in [-0.1, -0.05) is 0 Å². The lowest BCUT2D eigenvalue weighted by Gasteiger charge is -2.22. The molecule has 0 fully saturated rings. The Morgan fingerprint density at radius 2 is 2.21 bits per heavy atom. The average molecular weight is 194 g/mol. The highest BCUT2D eigenvalue weighted by atomic mass is 16.5. The SMILES string of the molecule is CCN(CCOC)c1ccc(C)nc1. The fraction of sp³-hybridized carbons (Fsp3) is 0.545. The van der Waals surface area contributed by atoms with Crippen molar-refractivity contribution < 1.29 is 4.74 Å². The summed E-state index contributed by atoms with van der Waals surface area (Å²) >= 11 is 0. The fourth-order valence-corrected chi connectivity index (χ4v) is 1.32. The lowest BCUT2D eigenvalue weighted by atomic mass is 10.3. The molecule has 0 unspecified atom stereocenters. The summed E-state index contributed by atoms with van der Waals surface area (Å²) in [5, 5.41) is 0. The van der Waals surface area contributed by atoms with E-state index in [1.165, 1.54) is 0 Å². The van der Waals surface area contributed by atoms with E-state index in [1.54, 1.807) is 7.11 Å². The van der Waals surface area contributed by atoms with Crippen molar-refractivity contribution in [3.63, 3.8) is 0 Å². The van der Waals surface area contributed by atoms with E-state index in [1.807, 2.05) is 19.2 Å². The molecule has 0 aliphatic heterocycles. The Bertz CT molecular complexity index is 258. The summed E-state index contributed by atoms with van der Waals surface area (Å²) in [6.07, 6.45) is 1.91. The molecule has 0 amide bonds. The number of ether oxygens (including phenoxy) is 1. The van der Waals surface area contributed by atoms with E-state index < -0.39 is 0 Å². The van der Waals surface area contributed by atoms with Crippen molar-refractivity contribution in [3.05, 3.63) is 24.0 Å². The molecule has 1 aromatic heterocycles. The van der Waals surface area contributed by atoms with Gasteiger partial charge >= 0.3 is 0 Å². The monoisotopic (exact) mass is 194 g/mol. The third kappa shape index (κ3) is 3.00. The number of likely N-dealkylation sites (N-methyl/N-ethyl adjacent to an activating group) is 1. The summed E-state index contributed by atoms with van der Waals surface area (Å²) < 4.78 is 5.06. The molecule has 0 aromatic carbocycles. The summed E-state index contributed by atoms with van der Waals surface area (Å²) in [5.74, 6) is 0. The van der Waals surface area contributed by atoms with Crippen molar-refractivity contribution in [1.82, 2.24) is 4.98 Å². The molecule has 0 bridgehead atoms. The van der Waals surface area contributed by atoms with E-state index in [9.17, 15) is 0 Å². The Labute approximate surface area is 85.7 Å². The number of nitrogens with zero attached hydrogens (tertiary/aromatic N) is 2. The molecule has 0 saturated carbocycles. The lowest BCUT2D eigenvalue weighted by Crippen LogP contribution is -2.26. The average Bonchev–Trinajstić information content (AvgIpc) is 2.21. The van der Waals surface area contributed by atoms with Crippen molar-refractivity contribution in [2.75, 3.05) is 31.7 Å². The number of anilines is 1. The van der Waals surface area contributed by atoms with Crippen molar-refractivity contribution in [2.45, 2.75) is 13.8 Å². The number of rotatable bonds is 5. The molecule has 1 rings (SSSR count). The second-order valence-corrected chi connectivity index (χ2v) is 3.23. The molecule has 1 heterocycles. The predicted octanol–water partition coefficient (Wildman–Crippen LogP) is 1.86. The van der Waals surface area contributed by atoms with Gasteiger partial charge in [-0.05, 0) is 26.0 Å². The minimum atomic E-state index is 0.752. The molecular formula is C11H18N2O. The zero-order valence-electron chi connectivity index (χ0n) is 9.16. The molecule has 0 N–H and O–H groups in total. The molecule has 0 radical (unpaired) electrons. The maximum Gasteiger partial charge on any atom is 0.0637 e. The molecule has 0 atom stereocenters. The van der Waals surface area contributed by atoms with Crippen LogP contribution >= 0.6 is 0 Å². The van der Waals surface area contributed by atoms with Gasteiger partial charge in [-0.25, -0.2) is 0 Å². The zero-order chi connectivity index (χ0) is 10.4. The van der Waals surface area contributed by atoms with E-state index in [4.69, 9.17) is 4.74 Å². The van der Waals surface area contributed by atoms with E-state index in [-0.39, 0.29) is 0 Å². The minimum Gasteiger partial charge on any atom is -0.383 e. The van der Waals surface area contributed by atoms with Crippen molar-refractivity contribution in [2.24, 2.45) is 0 Å². The van der Waals surface area contributed by atoms with Crippen LogP contribution in [0, 0.1) is 6.92 Å². The van der Waals surface area contributed by atoms with Gasteiger partial charge in [0, 0.05) is 25.9 Å². The molecule has 0 saturated heterocycles. The standard InChI is InChI=1S/C11H18N2O/c1-4-13(7-8-14-3)11-6-5-10(2)12-9-11/h5-6,9H,4,7-8H2,1-3H3. The number of hydrogen-bond donors (Lipinski definition) is 0. The van der Waals surface area contributed by atoms with Crippen LogP contribution in [0.25, 0.3) is 0 Å². The van der Waals surface area contributed by atoms with Crippen LogP contribution < -0.4 is 4.90 Å². The molecular weight excluding hydrogens is 176 g/mol. The van der Waals surface area contributed by atoms with Crippen molar-refractivity contribution in [3.8, 4) is 0 Å². The minimum absolute atomic E-state index is 0.752. The Kier molecular flexibility index (Phi) is 4.40. The molecule has 3 heteroatoms. The predicted molar refractivity (Wildman–Crippen MR) is 58.7 cm³/mol. The Hall–Kier alpha value is -1.09. The molecule has 14 heavy (non-hydrogen) atoms. The number of aromatic nitrogens is 1. The number of methoxy groups -OCH3 is 1. The summed E-state index contributed by atoms with van der Waals surface area (Å²) in [6.45, 7) is 6.78. The van der Waals surface area contributed by atoms with Crippen LogP contribution in [0.2, 0.25) is 0 Å². The quantitative estimate of drug-likeness (QED) is 0.715. The van der Waals surface area contributed by atoms with E-state index in [0.717, 1.165) is 31.1 Å².